The van der Waals surface area contributed by atoms with E-state index in [2.05, 4.69) is 5.32 Å². The highest BCUT2D eigenvalue weighted by Crippen LogP contribution is 2.35. The van der Waals surface area contributed by atoms with Crippen molar-refractivity contribution in [2.45, 2.75) is 16.2 Å². The van der Waals surface area contributed by atoms with E-state index < -0.39 is 25.8 Å². The molecule has 1 heterocycles. The van der Waals surface area contributed by atoms with Crippen LogP contribution in [-0.2, 0) is 26.3 Å². The van der Waals surface area contributed by atoms with Gasteiger partial charge in [0.25, 0.3) is 15.9 Å². The maximum atomic E-state index is 13.4. The molecule has 0 saturated heterocycles. The number of para-hydroxylation sites is 2. The molecule has 1 N–H and O–H groups in total. The predicted molar refractivity (Wildman–Crippen MR) is 124 cm³/mol. The van der Waals surface area contributed by atoms with Crippen LogP contribution in [0, 0.1) is 0 Å². The Morgan fingerprint density at radius 1 is 0.938 bits per heavy atom. The first-order valence-electron chi connectivity index (χ1n) is 9.59. The van der Waals surface area contributed by atoms with E-state index in [1.54, 1.807) is 24.3 Å². The summed E-state index contributed by atoms with van der Waals surface area (Å²) < 4.78 is 52.0. The lowest BCUT2D eigenvalue weighted by atomic mass is 10.2. The number of rotatable bonds is 5. The average molecular weight is 491 g/mol. The largest absolute Gasteiger partial charge is 0.321 e. The molecule has 0 saturated carbocycles. The molecule has 1 aliphatic rings. The molecule has 0 radical (unpaired) electrons. The normalized spacial score (nSPS) is 13.6. The number of nitrogens with one attached hydrogen (secondary N) is 1. The van der Waals surface area contributed by atoms with Crippen molar-refractivity contribution in [2.75, 3.05) is 22.4 Å². The van der Waals surface area contributed by atoms with Gasteiger partial charge in [-0.3, -0.25) is 9.10 Å². The van der Waals surface area contributed by atoms with Gasteiger partial charge in [-0.2, -0.15) is 0 Å². The predicted octanol–water partition coefficient (Wildman–Crippen LogP) is 3.75. The summed E-state index contributed by atoms with van der Waals surface area (Å²) in [5, 5.41) is 2.54. The van der Waals surface area contributed by atoms with Gasteiger partial charge in [0.1, 0.15) is 4.90 Å². The maximum absolute atomic E-state index is 13.4. The number of hydrogen-bond acceptors (Lipinski definition) is 5. The van der Waals surface area contributed by atoms with Crippen LogP contribution in [0.2, 0.25) is 5.02 Å². The molecule has 0 atom stereocenters. The summed E-state index contributed by atoms with van der Waals surface area (Å²) >= 11 is 6.22. The van der Waals surface area contributed by atoms with Gasteiger partial charge in [-0.15, -0.1) is 0 Å². The summed E-state index contributed by atoms with van der Waals surface area (Å²) in [7, 11) is -7.59. The van der Waals surface area contributed by atoms with Crippen molar-refractivity contribution in [3.05, 3.63) is 82.9 Å². The summed E-state index contributed by atoms with van der Waals surface area (Å²) in [5.74, 6) is -0.656. The third-order valence-electron chi connectivity index (χ3n) is 5.14. The van der Waals surface area contributed by atoms with Crippen LogP contribution in [0.4, 0.5) is 11.4 Å². The molecule has 0 aliphatic carbocycles. The number of fused-ring (bicyclic) bond motifs is 1. The summed E-state index contributed by atoms with van der Waals surface area (Å²) in [5.41, 5.74) is 1.63. The summed E-state index contributed by atoms with van der Waals surface area (Å²) in [6.07, 6.45) is 1.62. The van der Waals surface area contributed by atoms with E-state index in [1.807, 2.05) is 12.1 Å². The van der Waals surface area contributed by atoms with E-state index in [4.69, 9.17) is 11.6 Å². The number of nitrogens with zero attached hydrogens (tertiary/aromatic N) is 1. The second-order valence-corrected chi connectivity index (χ2v) is 11.5. The fourth-order valence-electron chi connectivity index (χ4n) is 3.61. The second-order valence-electron chi connectivity index (χ2n) is 7.32. The summed E-state index contributed by atoms with van der Waals surface area (Å²) in [6.45, 7) is 0.274. The molecule has 10 heteroatoms. The lowest BCUT2D eigenvalue weighted by Crippen LogP contribution is -2.29. The number of halogens is 1. The lowest BCUT2D eigenvalue weighted by molar-refractivity contribution is 0.102. The van der Waals surface area contributed by atoms with Crippen LogP contribution < -0.4 is 9.62 Å². The number of anilines is 2. The monoisotopic (exact) mass is 490 g/mol. The summed E-state index contributed by atoms with van der Waals surface area (Å²) in [4.78, 5) is 12.6. The van der Waals surface area contributed by atoms with Crippen molar-refractivity contribution < 1.29 is 21.6 Å². The smallest absolute Gasteiger partial charge is 0.265 e. The number of carbonyl (C=O) groups excluding carboxylic acids is 1. The van der Waals surface area contributed by atoms with Crippen LogP contribution in [0.1, 0.15) is 15.9 Å². The standard InChI is InChI=1S/C22H19ClN2O5S2/c1-31(27,28)20-9-5-3-7-18(20)24-22(26)16-10-11-17(23)21(14-16)32(29,30)25-13-12-15-6-2-4-8-19(15)25/h2-11,14H,12-13H2,1H3,(H,24,26). The molecule has 166 valence electrons. The molecule has 0 spiro atoms. The van der Waals surface area contributed by atoms with Gasteiger partial charge in [-0.25, -0.2) is 16.8 Å². The number of sulfonamides is 1. The quantitative estimate of drug-likeness (QED) is 0.587. The minimum absolute atomic E-state index is 0.0116. The van der Waals surface area contributed by atoms with Crippen molar-refractivity contribution in [1.82, 2.24) is 0 Å². The fraction of sp³-hybridized carbons (Fsp3) is 0.136. The van der Waals surface area contributed by atoms with Gasteiger partial charge in [0.05, 0.1) is 21.3 Å². The second kappa shape index (κ2) is 8.23. The Balaban J connectivity index is 1.69. The van der Waals surface area contributed by atoms with Gasteiger partial charge in [0, 0.05) is 18.4 Å². The lowest BCUT2D eigenvalue weighted by Gasteiger charge is -2.20. The SMILES string of the molecule is CS(=O)(=O)c1ccccc1NC(=O)c1ccc(Cl)c(S(=O)(=O)N2CCc3ccccc32)c1. The molecule has 7 nitrogen and oxygen atoms in total. The first-order valence-corrected chi connectivity index (χ1v) is 13.3. The van der Waals surface area contributed by atoms with Crippen LogP contribution in [0.25, 0.3) is 0 Å². The Kier molecular flexibility index (Phi) is 5.74. The Morgan fingerprint density at radius 3 is 2.38 bits per heavy atom. The molecule has 0 aromatic heterocycles. The third kappa shape index (κ3) is 4.11. The zero-order chi connectivity index (χ0) is 23.1. The number of amides is 1. The number of benzene rings is 3. The van der Waals surface area contributed by atoms with E-state index in [0.29, 0.717) is 12.1 Å². The fourth-order valence-corrected chi connectivity index (χ4v) is 6.46. The van der Waals surface area contributed by atoms with E-state index >= 15 is 0 Å². The number of carbonyl (C=O) groups is 1. The zero-order valence-corrected chi connectivity index (χ0v) is 19.3. The van der Waals surface area contributed by atoms with Gasteiger partial charge < -0.3 is 5.32 Å². The van der Waals surface area contributed by atoms with E-state index in [-0.39, 0.29) is 32.6 Å². The van der Waals surface area contributed by atoms with Gasteiger partial charge in [-0.1, -0.05) is 41.9 Å². The van der Waals surface area contributed by atoms with Crippen LogP contribution in [0.5, 0.6) is 0 Å². The molecule has 32 heavy (non-hydrogen) atoms. The minimum atomic E-state index is -4.02. The molecule has 1 aliphatic heterocycles. The zero-order valence-electron chi connectivity index (χ0n) is 16.9. The Bertz CT molecular complexity index is 1440. The maximum Gasteiger partial charge on any atom is 0.265 e. The minimum Gasteiger partial charge on any atom is -0.321 e. The van der Waals surface area contributed by atoms with E-state index in [0.717, 1.165) is 11.8 Å². The number of hydrogen-bond donors (Lipinski definition) is 1. The van der Waals surface area contributed by atoms with E-state index in [1.165, 1.54) is 34.6 Å². The Morgan fingerprint density at radius 2 is 1.62 bits per heavy atom. The van der Waals surface area contributed by atoms with Crippen molar-refractivity contribution in [3.63, 3.8) is 0 Å². The van der Waals surface area contributed by atoms with Crippen molar-refractivity contribution in [1.29, 1.82) is 0 Å². The van der Waals surface area contributed by atoms with Crippen molar-refractivity contribution in [2.24, 2.45) is 0 Å². The Hall–Kier alpha value is -2.88. The van der Waals surface area contributed by atoms with Crippen LogP contribution in [-0.4, -0.2) is 35.5 Å². The van der Waals surface area contributed by atoms with Crippen molar-refractivity contribution in [3.8, 4) is 0 Å². The average Bonchev–Trinajstić information content (AvgIpc) is 3.18. The van der Waals surface area contributed by atoms with Gasteiger partial charge >= 0.3 is 0 Å². The highest BCUT2D eigenvalue weighted by molar-refractivity contribution is 7.93. The summed E-state index contributed by atoms with van der Waals surface area (Å²) in [6, 6.07) is 17.1. The highest BCUT2D eigenvalue weighted by atomic mass is 35.5. The Labute approximate surface area is 191 Å². The van der Waals surface area contributed by atoms with Gasteiger partial charge in [0.15, 0.2) is 9.84 Å². The van der Waals surface area contributed by atoms with Gasteiger partial charge in [-0.05, 0) is 48.4 Å². The van der Waals surface area contributed by atoms with Crippen LogP contribution >= 0.6 is 11.6 Å². The first kappa shape index (κ1) is 22.3. The molecule has 3 aromatic carbocycles. The third-order valence-corrected chi connectivity index (χ3v) is 8.59. The van der Waals surface area contributed by atoms with Crippen molar-refractivity contribution >= 4 is 48.7 Å². The molecule has 0 bridgehead atoms. The highest BCUT2D eigenvalue weighted by Gasteiger charge is 2.32. The topological polar surface area (TPSA) is 101 Å². The molecular formula is C22H19ClN2O5S2. The number of sulfone groups is 1. The molecule has 1 amide bonds. The first-order chi connectivity index (χ1) is 15.1. The van der Waals surface area contributed by atoms with Gasteiger partial charge in [0.2, 0.25) is 0 Å². The molecule has 0 unspecified atom stereocenters. The van der Waals surface area contributed by atoms with Crippen LogP contribution in [0.15, 0.2) is 76.5 Å². The molecule has 0 fully saturated rings. The van der Waals surface area contributed by atoms with Crippen LogP contribution in [0.3, 0.4) is 0 Å². The molecule has 4 rings (SSSR count). The molecular weight excluding hydrogens is 472 g/mol. The molecule has 3 aromatic rings. The van der Waals surface area contributed by atoms with E-state index in [9.17, 15) is 21.6 Å².